The zero-order valence-corrected chi connectivity index (χ0v) is 27.6. The smallest absolute Gasteiger partial charge is 0.337 e. The van der Waals surface area contributed by atoms with Crippen LogP contribution in [-0.2, 0) is 6.42 Å². The predicted molar refractivity (Wildman–Crippen MR) is 182 cm³/mol. The lowest BCUT2D eigenvalue weighted by Crippen LogP contribution is -2.18. The molecule has 19 heteroatoms. The number of ether oxygens (including phenoxy) is 2. The van der Waals surface area contributed by atoms with Crippen molar-refractivity contribution in [3.63, 3.8) is 0 Å². The number of nitrogens with zero attached hydrogens (tertiary/aromatic N) is 8. The van der Waals surface area contributed by atoms with E-state index >= 15 is 0 Å². The first-order chi connectivity index (χ1) is 25.1. The molecule has 52 heavy (non-hydrogen) atoms. The number of aromatic carboxylic acids is 2. The van der Waals surface area contributed by atoms with Crippen LogP contribution in [0.5, 0.6) is 11.5 Å². The molecule has 0 aliphatic rings. The van der Waals surface area contributed by atoms with Crippen molar-refractivity contribution in [1.29, 1.82) is 0 Å². The van der Waals surface area contributed by atoms with E-state index in [0.29, 0.717) is 17.2 Å². The summed E-state index contributed by atoms with van der Waals surface area (Å²) in [5.74, 6) is -3.16. The predicted octanol–water partition coefficient (Wildman–Crippen LogP) is 3.82. The molecule has 6 rings (SSSR count). The molecule has 0 aliphatic carbocycles. The second-order valence-corrected chi connectivity index (χ2v) is 11.1. The van der Waals surface area contributed by atoms with Crippen molar-refractivity contribution >= 4 is 46.7 Å². The van der Waals surface area contributed by atoms with Gasteiger partial charge in [-0.3, -0.25) is 18.7 Å². The fraction of sp³-hybridized carbons (Fsp3) is 0.0909. The van der Waals surface area contributed by atoms with E-state index in [1.165, 1.54) is 56.2 Å². The van der Waals surface area contributed by atoms with Gasteiger partial charge in [-0.1, -0.05) is 11.6 Å². The summed E-state index contributed by atoms with van der Waals surface area (Å²) in [6.07, 6.45) is 9.53. The Morgan fingerprint density at radius 2 is 1.27 bits per heavy atom. The van der Waals surface area contributed by atoms with E-state index in [1.807, 2.05) is 0 Å². The fourth-order valence-electron chi connectivity index (χ4n) is 4.80. The number of imidazole rings is 2. The number of hydrogen-bond donors (Lipinski definition) is 4. The Morgan fingerprint density at radius 3 is 1.73 bits per heavy atom. The van der Waals surface area contributed by atoms with Crippen molar-refractivity contribution < 1.29 is 38.9 Å². The SMILES string of the molecule is COc1cc(C(=O)O)c(NC(=O)c2ccc(-n3ccnc3)nn2)cc1OCCc1cc(C(=O)O)c(NC(=O)c2ccc(-n3ccnc3)nn2)cc1Cl. The molecule has 4 aromatic heterocycles. The summed E-state index contributed by atoms with van der Waals surface area (Å²) in [4.78, 5) is 58.0. The van der Waals surface area contributed by atoms with Crippen molar-refractivity contribution in [3.8, 4) is 23.1 Å². The van der Waals surface area contributed by atoms with Gasteiger partial charge in [0.05, 0.1) is 36.2 Å². The molecule has 4 N–H and O–H groups in total. The van der Waals surface area contributed by atoms with Crippen LogP contribution in [0.1, 0.15) is 47.3 Å². The first kappa shape index (κ1) is 34.6. The summed E-state index contributed by atoms with van der Waals surface area (Å²) in [5.41, 5.74) is -0.491. The third-order valence-electron chi connectivity index (χ3n) is 7.38. The quantitative estimate of drug-likeness (QED) is 0.132. The molecule has 18 nitrogen and oxygen atoms in total. The van der Waals surface area contributed by atoms with E-state index in [0.717, 1.165) is 0 Å². The van der Waals surface area contributed by atoms with Crippen LogP contribution in [0.4, 0.5) is 11.4 Å². The number of carbonyl (C=O) groups excluding carboxylic acids is 2. The number of aromatic nitrogens is 8. The maximum absolute atomic E-state index is 13.0. The molecule has 6 aromatic rings. The van der Waals surface area contributed by atoms with Gasteiger partial charge in [0, 0.05) is 48.4 Å². The van der Waals surface area contributed by atoms with Gasteiger partial charge in [0.25, 0.3) is 11.8 Å². The van der Waals surface area contributed by atoms with Crippen LogP contribution < -0.4 is 20.1 Å². The summed E-state index contributed by atoms with van der Waals surface area (Å²) in [7, 11) is 1.31. The third kappa shape index (κ3) is 7.66. The molecule has 0 unspecified atom stereocenters. The van der Waals surface area contributed by atoms with E-state index in [4.69, 9.17) is 21.1 Å². The van der Waals surface area contributed by atoms with Gasteiger partial charge in [0.1, 0.15) is 12.7 Å². The van der Waals surface area contributed by atoms with E-state index in [9.17, 15) is 29.4 Å². The van der Waals surface area contributed by atoms with E-state index < -0.39 is 23.8 Å². The zero-order chi connectivity index (χ0) is 36.8. The summed E-state index contributed by atoms with van der Waals surface area (Å²) in [6.45, 7) is -0.0826. The first-order valence-corrected chi connectivity index (χ1v) is 15.4. The molecule has 2 amide bonds. The topological polar surface area (TPSA) is 238 Å². The largest absolute Gasteiger partial charge is 0.493 e. The number of rotatable bonds is 13. The van der Waals surface area contributed by atoms with E-state index in [2.05, 4.69) is 41.0 Å². The third-order valence-corrected chi connectivity index (χ3v) is 7.73. The number of anilines is 2. The van der Waals surface area contributed by atoms with Crippen LogP contribution in [0.3, 0.4) is 0 Å². The van der Waals surface area contributed by atoms with E-state index in [-0.39, 0.29) is 63.4 Å². The lowest BCUT2D eigenvalue weighted by atomic mass is 10.1. The average Bonchev–Trinajstić information content (AvgIpc) is 3.88. The Balaban J connectivity index is 1.15. The lowest BCUT2D eigenvalue weighted by molar-refractivity contribution is 0.0686. The molecule has 0 bridgehead atoms. The number of carbonyl (C=O) groups is 4. The molecule has 0 atom stereocenters. The number of amides is 2. The molecule has 0 fully saturated rings. The van der Waals surface area contributed by atoms with Crippen LogP contribution in [0.25, 0.3) is 11.6 Å². The Labute approximate surface area is 297 Å². The summed E-state index contributed by atoms with van der Waals surface area (Å²) in [6, 6.07) is 11.0. The highest BCUT2D eigenvalue weighted by molar-refractivity contribution is 6.32. The van der Waals surface area contributed by atoms with Crippen molar-refractivity contribution in [1.82, 2.24) is 39.5 Å². The Hall–Kier alpha value is -7.21. The van der Waals surface area contributed by atoms with Crippen molar-refractivity contribution in [2.75, 3.05) is 24.4 Å². The highest BCUT2D eigenvalue weighted by atomic mass is 35.5. The molecule has 0 radical (unpaired) electrons. The van der Waals surface area contributed by atoms with Gasteiger partial charge in [-0.15, -0.1) is 20.4 Å². The number of hydrogen-bond acceptors (Lipinski definition) is 12. The number of nitrogens with one attached hydrogen (secondary N) is 2. The normalized spacial score (nSPS) is 10.7. The minimum atomic E-state index is -1.35. The fourth-order valence-corrected chi connectivity index (χ4v) is 5.06. The second-order valence-electron chi connectivity index (χ2n) is 10.6. The van der Waals surface area contributed by atoms with Gasteiger partial charge in [-0.2, -0.15) is 0 Å². The number of carboxylic acids is 2. The standard InChI is InChI=1S/C33H25ClN10O8/c1-51-26-13-20(33(49)50)25(38-31(46)23-3-5-29(42-40-23)44-10-8-36-17-44)15-27(26)52-11-6-18-12-19(32(47)48)24(14-21(18)34)37-30(45)22-2-4-28(41-39-22)43-9-7-35-16-43/h2-5,7-10,12-17H,6,11H2,1H3,(H,37,45)(H,38,46)(H,47,48)(H,49,50). The van der Waals surface area contributed by atoms with Crippen LogP contribution in [0.15, 0.2) is 86.0 Å². The monoisotopic (exact) mass is 724 g/mol. The van der Waals surface area contributed by atoms with Crippen LogP contribution >= 0.6 is 11.6 Å². The van der Waals surface area contributed by atoms with Crippen molar-refractivity contribution in [3.05, 3.63) is 119 Å². The van der Waals surface area contributed by atoms with Crippen molar-refractivity contribution in [2.45, 2.75) is 6.42 Å². The number of carboxylic acid groups (broad SMARTS) is 2. The van der Waals surface area contributed by atoms with E-state index in [1.54, 1.807) is 46.1 Å². The van der Waals surface area contributed by atoms with Crippen molar-refractivity contribution in [2.24, 2.45) is 0 Å². The molecule has 0 saturated heterocycles. The van der Waals surface area contributed by atoms with Gasteiger partial charge in [0.15, 0.2) is 34.5 Å². The molecule has 262 valence electrons. The van der Waals surface area contributed by atoms with Crippen LogP contribution in [0.2, 0.25) is 5.02 Å². The van der Waals surface area contributed by atoms with Gasteiger partial charge >= 0.3 is 11.9 Å². The van der Waals surface area contributed by atoms with Gasteiger partial charge in [-0.25, -0.2) is 19.6 Å². The average molecular weight is 725 g/mol. The highest BCUT2D eigenvalue weighted by Gasteiger charge is 2.21. The Kier molecular flexibility index (Phi) is 10.1. The lowest BCUT2D eigenvalue weighted by Gasteiger charge is -2.16. The molecule has 0 aliphatic heterocycles. The van der Waals surface area contributed by atoms with Gasteiger partial charge in [-0.05, 0) is 42.0 Å². The van der Waals surface area contributed by atoms with Crippen LogP contribution in [0, 0.1) is 0 Å². The number of methoxy groups -OCH3 is 1. The molecular weight excluding hydrogens is 700 g/mol. The molecule has 4 heterocycles. The molecule has 0 spiro atoms. The minimum Gasteiger partial charge on any atom is -0.493 e. The minimum absolute atomic E-state index is 0.0522. The Morgan fingerprint density at radius 1 is 0.731 bits per heavy atom. The first-order valence-electron chi connectivity index (χ1n) is 15.0. The second kappa shape index (κ2) is 15.1. The molecule has 0 saturated carbocycles. The van der Waals surface area contributed by atoms with Crippen LogP contribution in [-0.4, -0.2) is 87.2 Å². The summed E-state index contributed by atoms with van der Waals surface area (Å²) < 4.78 is 14.4. The summed E-state index contributed by atoms with van der Waals surface area (Å²) in [5, 5.41) is 40.7. The number of benzene rings is 2. The summed E-state index contributed by atoms with van der Waals surface area (Å²) >= 11 is 6.50. The van der Waals surface area contributed by atoms with Gasteiger partial charge < -0.3 is 30.3 Å². The molecular formula is C33H25ClN10O8. The Bertz CT molecular complexity index is 2260. The highest BCUT2D eigenvalue weighted by Crippen LogP contribution is 2.35. The molecule has 2 aromatic carbocycles. The maximum atomic E-state index is 13.0. The maximum Gasteiger partial charge on any atom is 0.337 e. The van der Waals surface area contributed by atoms with Gasteiger partial charge in [0.2, 0.25) is 0 Å². The zero-order valence-electron chi connectivity index (χ0n) is 26.8. The number of halogens is 1.